The van der Waals surface area contributed by atoms with E-state index in [4.69, 9.17) is 16.7 Å². The molecule has 1 fully saturated rings. The third-order valence-corrected chi connectivity index (χ3v) is 4.42. The summed E-state index contributed by atoms with van der Waals surface area (Å²) in [5.41, 5.74) is 0.596. The number of nitrogens with one attached hydrogen (secondary N) is 1. The summed E-state index contributed by atoms with van der Waals surface area (Å²) in [6.07, 6.45) is 0.836. The molecule has 1 aliphatic rings. The van der Waals surface area contributed by atoms with Gasteiger partial charge < -0.3 is 15.3 Å². The molecule has 0 aromatic heterocycles. The fourth-order valence-electron chi connectivity index (χ4n) is 2.62. The maximum Gasteiger partial charge on any atom is 0.227 e. The SMILES string of the molecule is CC(C)(CCO)CNC(=O)C1CC(=O)N(c2ccc(Cl)cc2)C1. The van der Waals surface area contributed by atoms with Crippen molar-refractivity contribution in [1.82, 2.24) is 5.32 Å². The second-order valence-electron chi connectivity index (χ2n) is 6.74. The molecule has 0 aliphatic carbocycles. The molecule has 2 rings (SSSR count). The van der Waals surface area contributed by atoms with Crippen molar-refractivity contribution in [2.75, 3.05) is 24.6 Å². The van der Waals surface area contributed by atoms with Gasteiger partial charge in [0.25, 0.3) is 0 Å². The average Bonchev–Trinajstić information content (AvgIpc) is 2.88. The van der Waals surface area contributed by atoms with Crippen LogP contribution in [0.25, 0.3) is 0 Å². The Bertz CT molecular complexity index is 572. The van der Waals surface area contributed by atoms with E-state index in [1.54, 1.807) is 29.2 Å². The smallest absolute Gasteiger partial charge is 0.227 e. The summed E-state index contributed by atoms with van der Waals surface area (Å²) >= 11 is 5.86. The lowest BCUT2D eigenvalue weighted by atomic mass is 9.89. The molecule has 0 saturated carbocycles. The summed E-state index contributed by atoms with van der Waals surface area (Å²) in [5.74, 6) is -0.508. The van der Waals surface area contributed by atoms with E-state index in [1.165, 1.54) is 0 Å². The molecule has 126 valence electrons. The van der Waals surface area contributed by atoms with Crippen LogP contribution in [-0.4, -0.2) is 36.6 Å². The van der Waals surface area contributed by atoms with Crippen LogP contribution < -0.4 is 10.2 Å². The van der Waals surface area contributed by atoms with Crippen LogP contribution in [0, 0.1) is 11.3 Å². The first-order valence-corrected chi connectivity index (χ1v) is 8.15. The highest BCUT2D eigenvalue weighted by molar-refractivity contribution is 6.30. The van der Waals surface area contributed by atoms with Crippen LogP contribution in [0.4, 0.5) is 5.69 Å². The number of aliphatic hydroxyl groups excluding tert-OH is 1. The number of hydrogen-bond donors (Lipinski definition) is 2. The minimum atomic E-state index is -0.344. The van der Waals surface area contributed by atoms with Gasteiger partial charge in [-0.15, -0.1) is 0 Å². The van der Waals surface area contributed by atoms with Gasteiger partial charge in [-0.2, -0.15) is 0 Å². The topological polar surface area (TPSA) is 69.6 Å². The van der Waals surface area contributed by atoms with Crippen LogP contribution in [0.15, 0.2) is 24.3 Å². The van der Waals surface area contributed by atoms with E-state index >= 15 is 0 Å². The van der Waals surface area contributed by atoms with Crippen LogP contribution in [0.3, 0.4) is 0 Å². The number of aliphatic hydroxyl groups is 1. The van der Waals surface area contributed by atoms with Gasteiger partial charge >= 0.3 is 0 Å². The quantitative estimate of drug-likeness (QED) is 0.835. The first-order valence-electron chi connectivity index (χ1n) is 7.77. The van der Waals surface area contributed by atoms with E-state index in [1.807, 2.05) is 13.8 Å². The fourth-order valence-corrected chi connectivity index (χ4v) is 2.74. The number of rotatable bonds is 6. The molecule has 0 bridgehead atoms. The van der Waals surface area contributed by atoms with Crippen molar-refractivity contribution < 1.29 is 14.7 Å². The van der Waals surface area contributed by atoms with Crippen LogP contribution in [0.1, 0.15) is 26.7 Å². The average molecular weight is 339 g/mol. The maximum atomic E-state index is 12.3. The van der Waals surface area contributed by atoms with Crippen molar-refractivity contribution in [2.45, 2.75) is 26.7 Å². The zero-order valence-corrected chi connectivity index (χ0v) is 14.3. The number of carbonyl (C=O) groups is 2. The highest BCUT2D eigenvalue weighted by atomic mass is 35.5. The van der Waals surface area contributed by atoms with Gasteiger partial charge in [0.1, 0.15) is 0 Å². The first kappa shape index (κ1) is 17.8. The van der Waals surface area contributed by atoms with Gasteiger partial charge in [0.05, 0.1) is 5.92 Å². The number of anilines is 1. The Kier molecular flexibility index (Phi) is 5.65. The molecule has 2 N–H and O–H groups in total. The molecular formula is C17H23ClN2O3. The van der Waals surface area contributed by atoms with Crippen LogP contribution >= 0.6 is 11.6 Å². The Labute approximate surface area is 141 Å². The lowest BCUT2D eigenvalue weighted by Crippen LogP contribution is -2.39. The monoisotopic (exact) mass is 338 g/mol. The Morgan fingerprint density at radius 1 is 1.39 bits per heavy atom. The number of carbonyl (C=O) groups excluding carboxylic acids is 2. The first-order chi connectivity index (χ1) is 10.8. The second-order valence-corrected chi connectivity index (χ2v) is 7.17. The van der Waals surface area contributed by atoms with Crippen molar-refractivity contribution in [3.63, 3.8) is 0 Å². The summed E-state index contributed by atoms with van der Waals surface area (Å²) in [4.78, 5) is 26.1. The summed E-state index contributed by atoms with van der Waals surface area (Å²) in [7, 11) is 0. The van der Waals surface area contributed by atoms with E-state index in [9.17, 15) is 9.59 Å². The van der Waals surface area contributed by atoms with Crippen LogP contribution in [0.2, 0.25) is 5.02 Å². The number of benzene rings is 1. The molecule has 1 heterocycles. The fraction of sp³-hybridized carbons (Fsp3) is 0.529. The van der Waals surface area contributed by atoms with Gasteiger partial charge in [-0.3, -0.25) is 9.59 Å². The Morgan fingerprint density at radius 2 is 2.04 bits per heavy atom. The van der Waals surface area contributed by atoms with Crippen molar-refractivity contribution in [3.8, 4) is 0 Å². The van der Waals surface area contributed by atoms with Crippen molar-refractivity contribution in [3.05, 3.63) is 29.3 Å². The van der Waals surface area contributed by atoms with E-state index in [-0.39, 0.29) is 36.2 Å². The molecule has 0 spiro atoms. The molecule has 1 unspecified atom stereocenters. The second kappa shape index (κ2) is 7.32. The lowest BCUT2D eigenvalue weighted by Gasteiger charge is -2.24. The van der Waals surface area contributed by atoms with Crippen molar-refractivity contribution in [1.29, 1.82) is 0 Å². The Morgan fingerprint density at radius 3 is 2.65 bits per heavy atom. The van der Waals surface area contributed by atoms with Gasteiger partial charge in [-0.25, -0.2) is 0 Å². The Hall–Kier alpha value is -1.59. The van der Waals surface area contributed by atoms with E-state index < -0.39 is 0 Å². The Balaban J connectivity index is 1.94. The van der Waals surface area contributed by atoms with Crippen molar-refractivity contribution in [2.24, 2.45) is 11.3 Å². The van der Waals surface area contributed by atoms with Gasteiger partial charge in [-0.1, -0.05) is 25.4 Å². The molecule has 1 atom stereocenters. The zero-order valence-electron chi connectivity index (χ0n) is 13.5. The third kappa shape index (κ3) is 4.69. The molecule has 6 heteroatoms. The highest BCUT2D eigenvalue weighted by Gasteiger charge is 2.35. The molecule has 1 aromatic rings. The largest absolute Gasteiger partial charge is 0.396 e. The van der Waals surface area contributed by atoms with Crippen LogP contribution in [-0.2, 0) is 9.59 Å². The minimum Gasteiger partial charge on any atom is -0.396 e. The van der Waals surface area contributed by atoms with E-state index in [0.29, 0.717) is 24.5 Å². The predicted octanol–water partition coefficient (Wildman–Crippen LogP) is 2.22. The predicted molar refractivity (Wildman–Crippen MR) is 90.4 cm³/mol. The number of nitrogens with zero attached hydrogens (tertiary/aromatic N) is 1. The standard InChI is InChI=1S/C17H23ClN2O3/c1-17(2,7-8-21)11-19-16(23)12-9-15(22)20(10-12)14-5-3-13(18)4-6-14/h3-6,12,21H,7-11H2,1-2H3,(H,19,23). The number of hydrogen-bond acceptors (Lipinski definition) is 3. The molecule has 1 saturated heterocycles. The van der Waals surface area contributed by atoms with Gasteiger partial charge in [-0.05, 0) is 36.1 Å². The van der Waals surface area contributed by atoms with Crippen LogP contribution in [0.5, 0.6) is 0 Å². The third-order valence-electron chi connectivity index (χ3n) is 4.16. The molecule has 5 nitrogen and oxygen atoms in total. The van der Waals surface area contributed by atoms with Gasteiger partial charge in [0.2, 0.25) is 11.8 Å². The summed E-state index contributed by atoms with van der Waals surface area (Å²) in [6.45, 7) is 4.94. The molecule has 23 heavy (non-hydrogen) atoms. The summed E-state index contributed by atoms with van der Waals surface area (Å²) < 4.78 is 0. The van der Waals surface area contributed by atoms with E-state index in [2.05, 4.69) is 5.32 Å². The van der Waals surface area contributed by atoms with E-state index in [0.717, 1.165) is 5.69 Å². The zero-order chi connectivity index (χ0) is 17.0. The summed E-state index contributed by atoms with van der Waals surface area (Å²) in [6, 6.07) is 7.03. The molecule has 2 amide bonds. The van der Waals surface area contributed by atoms with Gasteiger partial charge in [0, 0.05) is 36.8 Å². The molecular weight excluding hydrogens is 316 g/mol. The van der Waals surface area contributed by atoms with Crippen molar-refractivity contribution >= 4 is 29.1 Å². The normalized spacial score (nSPS) is 18.3. The number of amides is 2. The van der Waals surface area contributed by atoms with Gasteiger partial charge in [0.15, 0.2) is 0 Å². The molecule has 1 aliphatic heterocycles. The minimum absolute atomic E-state index is 0.0536. The molecule has 0 radical (unpaired) electrons. The number of halogens is 1. The molecule has 1 aromatic carbocycles. The maximum absolute atomic E-state index is 12.3. The lowest BCUT2D eigenvalue weighted by molar-refractivity contribution is -0.126. The summed E-state index contributed by atoms with van der Waals surface area (Å²) in [5, 5.41) is 12.5. The highest BCUT2D eigenvalue weighted by Crippen LogP contribution is 2.26.